The summed E-state index contributed by atoms with van der Waals surface area (Å²) < 4.78 is 5.20. The van der Waals surface area contributed by atoms with Crippen molar-refractivity contribution in [3.05, 3.63) is 0 Å². The number of nitrogens with zero attached hydrogens (tertiary/aromatic N) is 1. The molecule has 0 aromatic rings. The fourth-order valence-electron chi connectivity index (χ4n) is 1.47. The monoisotopic (exact) mass is 241 g/mol. The summed E-state index contributed by atoms with van der Waals surface area (Å²) in [6.45, 7) is 5.94. The molecule has 1 fully saturated rings. The molecule has 0 spiro atoms. The Morgan fingerprint density at radius 1 is 1.29 bits per heavy atom. The van der Waals surface area contributed by atoms with Crippen LogP contribution in [0.1, 0.15) is 46.5 Å². The van der Waals surface area contributed by atoms with Crippen LogP contribution in [-0.4, -0.2) is 36.0 Å². The maximum absolute atomic E-state index is 11.6. The van der Waals surface area contributed by atoms with Crippen LogP contribution in [0.15, 0.2) is 0 Å². The van der Waals surface area contributed by atoms with Crippen molar-refractivity contribution in [3.63, 3.8) is 0 Å². The number of hydrogen-bond acceptors (Lipinski definition) is 3. The van der Waals surface area contributed by atoms with Crippen LogP contribution in [0.4, 0.5) is 4.79 Å². The third-order valence-corrected chi connectivity index (χ3v) is 2.64. The van der Waals surface area contributed by atoms with E-state index in [4.69, 9.17) is 4.74 Å². The van der Waals surface area contributed by atoms with Crippen LogP contribution >= 0.6 is 0 Å². The predicted octanol–water partition coefficient (Wildman–Crippen LogP) is 2.61. The molecule has 0 radical (unpaired) electrons. The third-order valence-electron chi connectivity index (χ3n) is 2.64. The molecule has 1 aliphatic carbocycles. The summed E-state index contributed by atoms with van der Waals surface area (Å²) >= 11 is 0. The second-order valence-corrected chi connectivity index (χ2v) is 5.84. The van der Waals surface area contributed by atoms with Crippen molar-refractivity contribution < 1.29 is 14.3 Å². The molecule has 0 aromatic heterocycles. The summed E-state index contributed by atoms with van der Waals surface area (Å²) in [5.74, 6) is 0.872. The van der Waals surface area contributed by atoms with Gasteiger partial charge >= 0.3 is 6.09 Å². The van der Waals surface area contributed by atoms with E-state index in [-0.39, 0.29) is 11.9 Å². The zero-order valence-corrected chi connectivity index (χ0v) is 11.3. The molecule has 17 heavy (non-hydrogen) atoms. The van der Waals surface area contributed by atoms with Gasteiger partial charge in [0.25, 0.3) is 0 Å². The maximum atomic E-state index is 11.6. The van der Waals surface area contributed by atoms with Gasteiger partial charge in [0.05, 0.1) is 0 Å². The van der Waals surface area contributed by atoms with Gasteiger partial charge in [-0.2, -0.15) is 0 Å². The van der Waals surface area contributed by atoms with E-state index in [2.05, 4.69) is 0 Å². The van der Waals surface area contributed by atoms with Crippen LogP contribution in [0.2, 0.25) is 0 Å². The van der Waals surface area contributed by atoms with E-state index in [9.17, 15) is 9.59 Å². The lowest BCUT2D eigenvalue weighted by molar-refractivity contribution is -0.119. The van der Waals surface area contributed by atoms with E-state index < -0.39 is 5.60 Å². The summed E-state index contributed by atoms with van der Waals surface area (Å²) in [6, 6.07) is 0. The first kappa shape index (κ1) is 14.0. The molecule has 0 atom stereocenters. The zero-order chi connectivity index (χ0) is 13.1. The second-order valence-electron chi connectivity index (χ2n) is 5.84. The Kier molecular flexibility index (Phi) is 4.54. The van der Waals surface area contributed by atoms with Crippen molar-refractivity contribution in [1.82, 2.24) is 4.90 Å². The van der Waals surface area contributed by atoms with E-state index in [0.29, 0.717) is 25.3 Å². The average molecular weight is 241 g/mol. The highest BCUT2D eigenvalue weighted by atomic mass is 16.6. The largest absolute Gasteiger partial charge is 0.444 e. The number of carbonyl (C=O) groups is 2. The Labute approximate surface area is 103 Å². The number of Topliss-reactive ketones (excluding diaryl/α,β-unsaturated/α-hetero) is 1. The van der Waals surface area contributed by atoms with E-state index >= 15 is 0 Å². The Hall–Kier alpha value is -1.06. The molecule has 0 unspecified atom stereocenters. The number of amides is 1. The van der Waals surface area contributed by atoms with Crippen LogP contribution in [0.25, 0.3) is 0 Å². The highest BCUT2D eigenvalue weighted by Crippen LogP contribution is 2.32. The van der Waals surface area contributed by atoms with Crippen molar-refractivity contribution in [3.8, 4) is 0 Å². The number of ether oxygens (including phenoxy) is 1. The Bertz CT molecular complexity index is 290. The molecule has 0 aliphatic heterocycles. The lowest BCUT2D eigenvalue weighted by Crippen LogP contribution is -2.35. The predicted molar refractivity (Wildman–Crippen MR) is 65.8 cm³/mol. The summed E-state index contributed by atoms with van der Waals surface area (Å²) in [5.41, 5.74) is -0.483. The third kappa shape index (κ3) is 6.29. The van der Waals surface area contributed by atoms with Crippen molar-refractivity contribution in [2.75, 3.05) is 13.6 Å². The first-order valence-electron chi connectivity index (χ1n) is 6.24. The molecule has 1 saturated carbocycles. The number of ketones is 1. The van der Waals surface area contributed by atoms with Crippen LogP contribution in [0.5, 0.6) is 0 Å². The smallest absolute Gasteiger partial charge is 0.410 e. The minimum atomic E-state index is -0.483. The molecular weight excluding hydrogens is 218 g/mol. The molecule has 0 bridgehead atoms. The molecule has 4 heteroatoms. The van der Waals surface area contributed by atoms with Crippen LogP contribution in [0.3, 0.4) is 0 Å². The lowest BCUT2D eigenvalue weighted by Gasteiger charge is -2.24. The molecule has 98 valence electrons. The molecule has 0 N–H and O–H groups in total. The van der Waals surface area contributed by atoms with Crippen LogP contribution < -0.4 is 0 Å². The Morgan fingerprint density at radius 3 is 2.35 bits per heavy atom. The molecule has 0 saturated heterocycles. The van der Waals surface area contributed by atoms with Crippen molar-refractivity contribution in [1.29, 1.82) is 0 Å². The summed E-state index contributed by atoms with van der Waals surface area (Å²) in [6.07, 6.45) is 3.13. The molecule has 1 amide bonds. The van der Waals surface area contributed by atoms with E-state index in [1.54, 1.807) is 7.05 Å². The van der Waals surface area contributed by atoms with Crippen LogP contribution in [0, 0.1) is 5.92 Å². The van der Waals surface area contributed by atoms with Crippen LogP contribution in [-0.2, 0) is 9.53 Å². The molecule has 1 rings (SSSR count). The average Bonchev–Trinajstić information content (AvgIpc) is 2.95. The van der Waals surface area contributed by atoms with E-state index in [1.165, 1.54) is 17.7 Å². The van der Waals surface area contributed by atoms with Gasteiger partial charge in [-0.05, 0) is 39.5 Å². The Balaban J connectivity index is 2.20. The highest BCUT2D eigenvalue weighted by molar-refractivity contribution is 5.79. The van der Waals surface area contributed by atoms with Crippen molar-refractivity contribution >= 4 is 11.9 Å². The van der Waals surface area contributed by atoms with E-state index in [1.807, 2.05) is 20.8 Å². The quantitative estimate of drug-likeness (QED) is 0.743. The van der Waals surface area contributed by atoms with Crippen molar-refractivity contribution in [2.24, 2.45) is 5.92 Å². The number of rotatable bonds is 5. The van der Waals surface area contributed by atoms with Gasteiger partial charge in [0.2, 0.25) is 0 Å². The summed E-state index contributed by atoms with van der Waals surface area (Å²) in [5, 5.41) is 0. The fraction of sp³-hybridized carbons (Fsp3) is 0.846. The van der Waals surface area contributed by atoms with Gasteiger partial charge in [-0.3, -0.25) is 4.79 Å². The van der Waals surface area contributed by atoms with Gasteiger partial charge in [0.15, 0.2) is 0 Å². The number of hydrogen-bond donors (Lipinski definition) is 0. The molecule has 4 nitrogen and oxygen atoms in total. The maximum Gasteiger partial charge on any atom is 0.410 e. The van der Waals surface area contributed by atoms with Gasteiger partial charge in [0, 0.05) is 26.4 Å². The highest BCUT2D eigenvalue weighted by Gasteiger charge is 2.25. The fourth-order valence-corrected chi connectivity index (χ4v) is 1.47. The second kappa shape index (κ2) is 5.52. The van der Waals surface area contributed by atoms with Gasteiger partial charge < -0.3 is 9.64 Å². The standard InChI is InChI=1S/C13H23NO3/c1-13(2,3)17-12(16)14(4)8-7-11(15)9-10-5-6-10/h10H,5-9H2,1-4H3. The molecular formula is C13H23NO3. The minimum absolute atomic E-state index is 0.253. The zero-order valence-electron chi connectivity index (χ0n) is 11.3. The van der Waals surface area contributed by atoms with Gasteiger partial charge in [-0.25, -0.2) is 4.79 Å². The summed E-state index contributed by atoms with van der Waals surface area (Å²) in [7, 11) is 1.67. The topological polar surface area (TPSA) is 46.6 Å². The summed E-state index contributed by atoms with van der Waals surface area (Å²) in [4.78, 5) is 24.6. The first-order chi connectivity index (χ1) is 7.78. The SMILES string of the molecule is CN(CCC(=O)CC1CC1)C(=O)OC(C)(C)C. The van der Waals surface area contributed by atoms with Gasteiger partial charge in [0.1, 0.15) is 11.4 Å². The molecule has 1 aliphatic rings. The normalized spacial score (nSPS) is 15.5. The van der Waals surface area contributed by atoms with E-state index in [0.717, 1.165) is 0 Å². The number of carbonyl (C=O) groups excluding carboxylic acids is 2. The Morgan fingerprint density at radius 2 is 1.88 bits per heavy atom. The van der Waals surface area contributed by atoms with Gasteiger partial charge in [-0.1, -0.05) is 0 Å². The lowest BCUT2D eigenvalue weighted by atomic mass is 10.1. The molecule has 0 heterocycles. The minimum Gasteiger partial charge on any atom is -0.444 e. The van der Waals surface area contributed by atoms with Crippen molar-refractivity contribution in [2.45, 2.75) is 52.1 Å². The molecule has 0 aromatic carbocycles. The van der Waals surface area contributed by atoms with Gasteiger partial charge in [-0.15, -0.1) is 0 Å². The first-order valence-corrected chi connectivity index (χ1v) is 6.24.